The zero-order valence-electron chi connectivity index (χ0n) is 15.8. The zero-order chi connectivity index (χ0) is 21.1. The van der Waals surface area contributed by atoms with Crippen molar-refractivity contribution in [3.05, 3.63) is 76.8 Å². The van der Waals surface area contributed by atoms with Crippen LogP contribution < -0.4 is 15.4 Å². The fourth-order valence-corrected chi connectivity index (χ4v) is 4.42. The monoisotopic (exact) mass is 497 g/mol. The van der Waals surface area contributed by atoms with Gasteiger partial charge in [0.05, 0.1) is 22.9 Å². The molecule has 1 aromatic heterocycles. The van der Waals surface area contributed by atoms with E-state index in [2.05, 4.69) is 37.6 Å². The number of halogens is 1. The number of fused-ring (bicyclic) bond motifs is 1. The zero-order valence-corrected chi connectivity index (χ0v) is 19.0. The molecule has 0 saturated heterocycles. The summed E-state index contributed by atoms with van der Waals surface area (Å²) in [6, 6.07) is 21.0. The second-order valence-electron chi connectivity index (χ2n) is 6.32. The summed E-state index contributed by atoms with van der Waals surface area (Å²) in [5.74, 6) is 0.121. The second kappa shape index (κ2) is 8.91. The number of methoxy groups -OCH3 is 1. The molecule has 0 saturated carbocycles. The van der Waals surface area contributed by atoms with Gasteiger partial charge in [0.15, 0.2) is 5.11 Å². The van der Waals surface area contributed by atoms with E-state index >= 15 is 0 Å². The maximum atomic E-state index is 12.6. The summed E-state index contributed by atoms with van der Waals surface area (Å²) in [5, 5.41) is 6.87. The predicted octanol–water partition coefficient (Wildman–Crippen LogP) is 5.86. The average Bonchev–Trinajstić information content (AvgIpc) is 3.18. The van der Waals surface area contributed by atoms with Crippen molar-refractivity contribution >= 4 is 66.4 Å². The van der Waals surface area contributed by atoms with Crippen molar-refractivity contribution in [1.82, 2.24) is 10.3 Å². The number of benzene rings is 3. The predicted molar refractivity (Wildman–Crippen MR) is 129 cm³/mol. The Bertz CT molecular complexity index is 1210. The third-order valence-corrected chi connectivity index (χ3v) is 6.10. The highest BCUT2D eigenvalue weighted by Crippen LogP contribution is 2.30. The number of carbonyl (C=O) groups excluding carboxylic acids is 1. The maximum Gasteiger partial charge on any atom is 0.261 e. The van der Waals surface area contributed by atoms with E-state index in [4.69, 9.17) is 17.0 Å². The standard InChI is InChI=1S/C22H16BrN3O2S2/c1-28-18-11-8-14(23)12-16(18)20(27)26-22(29)24-15-9-6-13(7-10-15)21-25-17-4-2-3-5-19(17)30-21/h2-12H,1H3,(H2,24,26,27,29). The van der Waals surface area contributed by atoms with Gasteiger partial charge in [-0.05, 0) is 66.8 Å². The van der Waals surface area contributed by atoms with E-state index in [1.165, 1.54) is 7.11 Å². The molecule has 0 spiro atoms. The summed E-state index contributed by atoms with van der Waals surface area (Å²) in [6.07, 6.45) is 0. The summed E-state index contributed by atoms with van der Waals surface area (Å²) in [4.78, 5) is 17.2. The van der Waals surface area contributed by atoms with Crippen LogP contribution in [0.4, 0.5) is 5.69 Å². The minimum absolute atomic E-state index is 0.203. The van der Waals surface area contributed by atoms with Crippen molar-refractivity contribution < 1.29 is 9.53 Å². The molecule has 1 amide bonds. The van der Waals surface area contributed by atoms with E-state index in [9.17, 15) is 4.79 Å². The third kappa shape index (κ3) is 4.51. The van der Waals surface area contributed by atoms with E-state index in [0.29, 0.717) is 11.3 Å². The van der Waals surface area contributed by atoms with Gasteiger partial charge in [0.2, 0.25) is 0 Å². The summed E-state index contributed by atoms with van der Waals surface area (Å²) < 4.78 is 7.18. The van der Waals surface area contributed by atoms with E-state index in [1.54, 1.807) is 29.5 Å². The molecule has 150 valence electrons. The number of anilines is 1. The Morgan fingerprint density at radius 3 is 2.60 bits per heavy atom. The molecular formula is C22H16BrN3O2S2. The van der Waals surface area contributed by atoms with E-state index in [1.807, 2.05) is 42.5 Å². The second-order valence-corrected chi connectivity index (χ2v) is 8.67. The maximum absolute atomic E-state index is 12.6. The Balaban J connectivity index is 1.44. The number of ether oxygens (including phenoxy) is 1. The first-order chi connectivity index (χ1) is 14.5. The topological polar surface area (TPSA) is 63.2 Å². The third-order valence-electron chi connectivity index (χ3n) is 4.32. The highest BCUT2D eigenvalue weighted by molar-refractivity contribution is 9.10. The number of nitrogens with zero attached hydrogens (tertiary/aromatic N) is 1. The number of rotatable bonds is 4. The Kier molecular flexibility index (Phi) is 6.08. The Hall–Kier alpha value is -2.81. The highest BCUT2D eigenvalue weighted by Gasteiger charge is 2.14. The fraction of sp³-hybridized carbons (Fsp3) is 0.0455. The molecule has 0 aliphatic carbocycles. The molecule has 0 aliphatic rings. The molecule has 4 rings (SSSR count). The van der Waals surface area contributed by atoms with Crippen LogP contribution in [-0.2, 0) is 0 Å². The van der Waals surface area contributed by atoms with Gasteiger partial charge >= 0.3 is 0 Å². The molecule has 0 atom stereocenters. The molecule has 30 heavy (non-hydrogen) atoms. The Morgan fingerprint density at radius 1 is 1.10 bits per heavy atom. The SMILES string of the molecule is COc1ccc(Br)cc1C(=O)NC(=S)Nc1ccc(-c2nc3ccccc3s2)cc1. The molecule has 1 heterocycles. The average molecular weight is 498 g/mol. The number of aromatic nitrogens is 1. The summed E-state index contributed by atoms with van der Waals surface area (Å²) in [5.41, 5.74) is 3.18. The first-order valence-electron chi connectivity index (χ1n) is 8.95. The van der Waals surface area contributed by atoms with Crippen molar-refractivity contribution in [2.45, 2.75) is 0 Å². The van der Waals surface area contributed by atoms with E-state index < -0.39 is 0 Å². The number of para-hydroxylation sites is 1. The Morgan fingerprint density at radius 2 is 1.87 bits per heavy atom. The molecule has 4 aromatic rings. The largest absolute Gasteiger partial charge is 0.496 e. The molecule has 0 radical (unpaired) electrons. The lowest BCUT2D eigenvalue weighted by molar-refractivity contribution is 0.0974. The summed E-state index contributed by atoms with van der Waals surface area (Å²) >= 11 is 10.3. The number of thiazole rings is 1. The molecule has 2 N–H and O–H groups in total. The van der Waals surface area contributed by atoms with Crippen LogP contribution >= 0.6 is 39.5 Å². The molecular weight excluding hydrogens is 482 g/mol. The van der Waals surface area contributed by atoms with Gasteiger partial charge in [0, 0.05) is 15.7 Å². The van der Waals surface area contributed by atoms with Gasteiger partial charge in [-0.1, -0.05) is 28.1 Å². The van der Waals surface area contributed by atoms with Gasteiger partial charge in [-0.2, -0.15) is 0 Å². The van der Waals surface area contributed by atoms with E-state index in [-0.39, 0.29) is 11.0 Å². The van der Waals surface area contributed by atoms with E-state index in [0.717, 1.165) is 30.9 Å². The van der Waals surface area contributed by atoms with Crippen LogP contribution in [0.25, 0.3) is 20.8 Å². The van der Waals surface area contributed by atoms with Gasteiger partial charge in [0.1, 0.15) is 10.8 Å². The van der Waals surface area contributed by atoms with Crippen molar-refractivity contribution in [3.63, 3.8) is 0 Å². The van der Waals surface area contributed by atoms with Gasteiger partial charge < -0.3 is 10.1 Å². The van der Waals surface area contributed by atoms with Crippen LogP contribution in [0.15, 0.2) is 71.2 Å². The quantitative estimate of drug-likeness (QED) is 0.345. The number of amides is 1. The van der Waals surface area contributed by atoms with Crippen molar-refractivity contribution in [2.75, 3.05) is 12.4 Å². The lowest BCUT2D eigenvalue weighted by Crippen LogP contribution is -2.34. The number of carbonyl (C=O) groups is 1. The molecule has 3 aromatic carbocycles. The van der Waals surface area contributed by atoms with Crippen molar-refractivity contribution in [1.29, 1.82) is 0 Å². The fourth-order valence-electron chi connectivity index (χ4n) is 2.88. The van der Waals surface area contributed by atoms with Crippen molar-refractivity contribution in [2.24, 2.45) is 0 Å². The van der Waals surface area contributed by atoms with Crippen LogP contribution in [0.1, 0.15) is 10.4 Å². The molecule has 0 unspecified atom stereocenters. The lowest BCUT2D eigenvalue weighted by atomic mass is 10.2. The summed E-state index contributed by atoms with van der Waals surface area (Å²) in [6.45, 7) is 0. The van der Waals surface area contributed by atoms with Crippen LogP contribution in [-0.4, -0.2) is 23.1 Å². The summed E-state index contributed by atoms with van der Waals surface area (Å²) in [7, 11) is 1.52. The number of hydrogen-bond acceptors (Lipinski definition) is 5. The van der Waals surface area contributed by atoms with Gasteiger partial charge in [-0.25, -0.2) is 4.98 Å². The highest BCUT2D eigenvalue weighted by atomic mass is 79.9. The molecule has 0 bridgehead atoms. The molecule has 8 heteroatoms. The molecule has 0 fully saturated rings. The van der Waals surface area contributed by atoms with Crippen LogP contribution in [0.2, 0.25) is 0 Å². The van der Waals surface area contributed by atoms with Crippen molar-refractivity contribution in [3.8, 4) is 16.3 Å². The van der Waals surface area contributed by atoms with Crippen LogP contribution in [0.5, 0.6) is 5.75 Å². The minimum atomic E-state index is -0.350. The van der Waals surface area contributed by atoms with Gasteiger partial charge in [-0.3, -0.25) is 10.1 Å². The normalized spacial score (nSPS) is 10.6. The first-order valence-corrected chi connectivity index (χ1v) is 11.0. The van der Waals surface area contributed by atoms with Gasteiger partial charge in [0.25, 0.3) is 5.91 Å². The smallest absolute Gasteiger partial charge is 0.261 e. The van der Waals surface area contributed by atoms with Crippen LogP contribution in [0, 0.1) is 0 Å². The molecule has 5 nitrogen and oxygen atoms in total. The number of hydrogen-bond donors (Lipinski definition) is 2. The van der Waals surface area contributed by atoms with Gasteiger partial charge in [-0.15, -0.1) is 11.3 Å². The first kappa shape index (κ1) is 20.5. The number of thiocarbonyl (C=S) groups is 1. The number of nitrogens with one attached hydrogen (secondary N) is 2. The van der Waals surface area contributed by atoms with Crippen LogP contribution in [0.3, 0.4) is 0 Å². The lowest BCUT2D eigenvalue weighted by Gasteiger charge is -2.12. The minimum Gasteiger partial charge on any atom is -0.496 e. The Labute approximate surface area is 191 Å². The molecule has 0 aliphatic heterocycles.